The normalized spacial score (nSPS) is 23.8. The zero-order valence-corrected chi connectivity index (χ0v) is 19.4. The summed E-state index contributed by atoms with van der Waals surface area (Å²) in [5, 5.41) is 8.08. The monoisotopic (exact) mass is 488 g/mol. The Bertz CT molecular complexity index is 1000. The second-order valence-electron chi connectivity index (χ2n) is 9.57. The lowest BCUT2D eigenvalue weighted by molar-refractivity contribution is -0.138. The second-order valence-corrected chi connectivity index (χ2v) is 10.4. The SMILES string of the molecule is O=C(C1CN(c2c3c(nc4c(Br)cnn24)CCNCC3)C1)N1CCC2(CCOC2)CC1. The van der Waals surface area contributed by atoms with Crippen molar-refractivity contribution in [1.29, 1.82) is 0 Å². The Morgan fingerprint density at radius 1 is 1.19 bits per heavy atom. The van der Waals surface area contributed by atoms with Crippen LogP contribution >= 0.6 is 15.9 Å². The van der Waals surface area contributed by atoms with E-state index in [1.165, 1.54) is 5.56 Å². The fourth-order valence-electron chi connectivity index (χ4n) is 5.67. The Kier molecular flexibility index (Phi) is 4.96. The average molecular weight is 489 g/mol. The van der Waals surface area contributed by atoms with E-state index >= 15 is 0 Å². The van der Waals surface area contributed by atoms with E-state index in [2.05, 4.69) is 36.1 Å². The van der Waals surface area contributed by atoms with Gasteiger partial charge in [0.15, 0.2) is 5.65 Å². The highest BCUT2D eigenvalue weighted by Crippen LogP contribution is 2.40. The van der Waals surface area contributed by atoms with Gasteiger partial charge in [-0.1, -0.05) is 0 Å². The van der Waals surface area contributed by atoms with Crippen LogP contribution < -0.4 is 10.2 Å². The summed E-state index contributed by atoms with van der Waals surface area (Å²) in [6.07, 6.45) is 7.01. The summed E-state index contributed by atoms with van der Waals surface area (Å²) in [6, 6.07) is 0. The maximum absolute atomic E-state index is 13.2. The largest absolute Gasteiger partial charge is 0.381 e. The number of hydrogen-bond donors (Lipinski definition) is 1. The van der Waals surface area contributed by atoms with Crippen LogP contribution in [0.2, 0.25) is 0 Å². The minimum absolute atomic E-state index is 0.0793. The standard InChI is InChI=1S/C22H29BrN6O2/c23-17-11-25-29-19(17)26-18-2-7-24-6-1-16(18)20(29)28-12-15(13-28)21(30)27-8-3-22(4-9-27)5-10-31-14-22/h11,15,24H,1-10,12-14H2. The molecule has 3 saturated heterocycles. The van der Waals surface area contributed by atoms with Crippen molar-refractivity contribution in [2.24, 2.45) is 11.3 Å². The van der Waals surface area contributed by atoms with Crippen LogP contribution in [-0.2, 0) is 22.4 Å². The van der Waals surface area contributed by atoms with Crippen LogP contribution in [0.15, 0.2) is 10.7 Å². The van der Waals surface area contributed by atoms with Crippen LogP contribution in [0.3, 0.4) is 0 Å². The second kappa shape index (κ2) is 7.71. The molecule has 0 unspecified atom stereocenters. The summed E-state index contributed by atoms with van der Waals surface area (Å²) in [6.45, 7) is 6.95. The van der Waals surface area contributed by atoms with Crippen molar-refractivity contribution >= 4 is 33.3 Å². The molecule has 6 heterocycles. The number of piperidine rings is 1. The van der Waals surface area contributed by atoms with E-state index in [9.17, 15) is 4.79 Å². The van der Waals surface area contributed by atoms with Gasteiger partial charge in [0.25, 0.3) is 0 Å². The molecular formula is C22H29BrN6O2. The number of anilines is 1. The average Bonchev–Trinajstić information content (AvgIpc) is 3.26. The van der Waals surface area contributed by atoms with E-state index in [1.54, 1.807) is 0 Å². The predicted octanol–water partition coefficient (Wildman–Crippen LogP) is 1.65. The smallest absolute Gasteiger partial charge is 0.229 e. The highest BCUT2D eigenvalue weighted by Gasteiger charge is 2.43. The molecule has 0 aliphatic carbocycles. The predicted molar refractivity (Wildman–Crippen MR) is 120 cm³/mol. The number of carbonyl (C=O) groups is 1. The van der Waals surface area contributed by atoms with Crippen molar-refractivity contribution in [2.75, 3.05) is 57.4 Å². The highest BCUT2D eigenvalue weighted by molar-refractivity contribution is 9.10. The molecule has 1 spiro atoms. The summed E-state index contributed by atoms with van der Waals surface area (Å²) >= 11 is 3.60. The van der Waals surface area contributed by atoms with E-state index in [0.717, 1.165) is 106 Å². The number of amides is 1. The van der Waals surface area contributed by atoms with Crippen molar-refractivity contribution in [2.45, 2.75) is 32.1 Å². The molecule has 166 valence electrons. The topological polar surface area (TPSA) is 75.0 Å². The lowest BCUT2D eigenvalue weighted by Gasteiger charge is -2.45. The molecule has 9 heteroatoms. The maximum atomic E-state index is 13.2. The first kappa shape index (κ1) is 19.9. The first-order chi connectivity index (χ1) is 15.1. The van der Waals surface area contributed by atoms with Crippen molar-refractivity contribution in [3.05, 3.63) is 21.9 Å². The summed E-state index contributed by atoms with van der Waals surface area (Å²) in [4.78, 5) is 22.5. The Hall–Kier alpha value is -1.71. The number of likely N-dealkylation sites (tertiary alicyclic amines) is 1. The van der Waals surface area contributed by atoms with Crippen molar-refractivity contribution in [3.8, 4) is 0 Å². The van der Waals surface area contributed by atoms with Gasteiger partial charge in [-0.2, -0.15) is 9.61 Å². The zero-order chi connectivity index (χ0) is 21.0. The summed E-state index contributed by atoms with van der Waals surface area (Å²) < 4.78 is 8.51. The Balaban J connectivity index is 1.19. The molecule has 2 aromatic rings. The number of nitrogens with one attached hydrogen (secondary N) is 1. The molecule has 1 N–H and O–H groups in total. The van der Waals surface area contributed by atoms with Gasteiger partial charge in [-0.25, -0.2) is 4.98 Å². The van der Waals surface area contributed by atoms with Gasteiger partial charge in [0.05, 0.1) is 28.9 Å². The van der Waals surface area contributed by atoms with Gasteiger partial charge < -0.3 is 19.9 Å². The lowest BCUT2D eigenvalue weighted by atomic mass is 9.77. The summed E-state index contributed by atoms with van der Waals surface area (Å²) in [5.74, 6) is 1.53. The molecule has 4 aliphatic heterocycles. The number of ether oxygens (including phenoxy) is 1. The van der Waals surface area contributed by atoms with E-state index in [0.29, 0.717) is 11.3 Å². The van der Waals surface area contributed by atoms with E-state index in [1.807, 2.05) is 10.7 Å². The fourth-order valence-corrected chi connectivity index (χ4v) is 6.02. The molecular weight excluding hydrogens is 460 g/mol. The lowest BCUT2D eigenvalue weighted by Crippen LogP contribution is -2.57. The highest BCUT2D eigenvalue weighted by atomic mass is 79.9. The molecule has 31 heavy (non-hydrogen) atoms. The van der Waals surface area contributed by atoms with Crippen LogP contribution in [0.25, 0.3) is 5.65 Å². The van der Waals surface area contributed by atoms with Crippen LogP contribution in [-0.4, -0.2) is 77.9 Å². The molecule has 6 rings (SSSR count). The van der Waals surface area contributed by atoms with Gasteiger partial charge in [0, 0.05) is 51.3 Å². The van der Waals surface area contributed by atoms with Gasteiger partial charge in [0.1, 0.15) is 5.82 Å². The Morgan fingerprint density at radius 3 is 2.77 bits per heavy atom. The number of halogens is 1. The Labute approximate surface area is 190 Å². The van der Waals surface area contributed by atoms with Crippen LogP contribution in [0.4, 0.5) is 5.82 Å². The van der Waals surface area contributed by atoms with Crippen LogP contribution in [0.5, 0.6) is 0 Å². The third-order valence-corrected chi connectivity index (χ3v) is 8.26. The number of carbonyl (C=O) groups excluding carboxylic acids is 1. The first-order valence-corrected chi connectivity index (χ1v) is 12.3. The minimum Gasteiger partial charge on any atom is -0.381 e. The van der Waals surface area contributed by atoms with Gasteiger partial charge in [-0.15, -0.1) is 0 Å². The van der Waals surface area contributed by atoms with Gasteiger partial charge in [-0.3, -0.25) is 4.79 Å². The summed E-state index contributed by atoms with van der Waals surface area (Å²) in [5.41, 5.74) is 3.64. The number of aromatic nitrogens is 3. The Morgan fingerprint density at radius 2 is 2.00 bits per heavy atom. The molecule has 0 atom stereocenters. The molecule has 0 saturated carbocycles. The maximum Gasteiger partial charge on any atom is 0.229 e. The molecule has 8 nitrogen and oxygen atoms in total. The van der Waals surface area contributed by atoms with E-state index < -0.39 is 0 Å². The van der Waals surface area contributed by atoms with Crippen LogP contribution in [0.1, 0.15) is 30.5 Å². The number of hydrogen-bond acceptors (Lipinski definition) is 6. The minimum atomic E-state index is 0.0793. The van der Waals surface area contributed by atoms with Crippen LogP contribution in [0, 0.1) is 11.3 Å². The van der Waals surface area contributed by atoms with Gasteiger partial charge in [0.2, 0.25) is 5.91 Å². The molecule has 3 fully saturated rings. The molecule has 0 radical (unpaired) electrons. The number of fused-ring (bicyclic) bond motifs is 2. The quantitative estimate of drug-likeness (QED) is 0.692. The van der Waals surface area contributed by atoms with Crippen molar-refractivity contribution in [1.82, 2.24) is 24.8 Å². The molecule has 0 aromatic carbocycles. The molecule has 1 amide bonds. The number of rotatable bonds is 2. The number of nitrogens with zero attached hydrogens (tertiary/aromatic N) is 5. The molecule has 2 aromatic heterocycles. The third kappa shape index (κ3) is 3.36. The van der Waals surface area contributed by atoms with Gasteiger partial charge >= 0.3 is 0 Å². The van der Waals surface area contributed by atoms with E-state index in [-0.39, 0.29) is 5.92 Å². The summed E-state index contributed by atoms with van der Waals surface area (Å²) in [7, 11) is 0. The van der Waals surface area contributed by atoms with Crippen molar-refractivity contribution < 1.29 is 9.53 Å². The van der Waals surface area contributed by atoms with Gasteiger partial charge in [-0.05, 0) is 53.6 Å². The van der Waals surface area contributed by atoms with E-state index in [4.69, 9.17) is 9.72 Å². The molecule has 0 bridgehead atoms. The fraction of sp³-hybridized carbons (Fsp3) is 0.682. The third-order valence-electron chi connectivity index (χ3n) is 7.70. The molecule has 4 aliphatic rings. The first-order valence-electron chi connectivity index (χ1n) is 11.5. The van der Waals surface area contributed by atoms with Crippen molar-refractivity contribution in [3.63, 3.8) is 0 Å². The zero-order valence-electron chi connectivity index (χ0n) is 17.8.